The lowest BCUT2D eigenvalue weighted by Gasteiger charge is -2.01. The minimum atomic E-state index is -1.43. The molecule has 64 valence electrons. The number of aldehydes is 1. The van der Waals surface area contributed by atoms with Gasteiger partial charge in [-0.2, -0.15) is 0 Å². The molecule has 0 fully saturated rings. The predicted molar refractivity (Wildman–Crippen MR) is 36.4 cm³/mol. The third kappa shape index (κ3) is 1.20. The highest BCUT2D eigenvalue weighted by molar-refractivity contribution is 5.75. The van der Waals surface area contributed by atoms with E-state index in [9.17, 15) is 18.0 Å². The largest absolute Gasteiger partial charge is 0.298 e. The van der Waals surface area contributed by atoms with E-state index in [1.807, 2.05) is 0 Å². The van der Waals surface area contributed by atoms with Crippen LogP contribution in [0.15, 0.2) is 6.07 Å². The average Bonchev–Trinajstić information content (AvgIpc) is 2.01. The molecule has 0 aliphatic rings. The van der Waals surface area contributed by atoms with Crippen LogP contribution in [-0.4, -0.2) is 6.29 Å². The van der Waals surface area contributed by atoms with E-state index in [1.54, 1.807) is 0 Å². The van der Waals surface area contributed by atoms with Gasteiger partial charge >= 0.3 is 0 Å². The number of rotatable bonds is 1. The fourth-order valence-electron chi connectivity index (χ4n) is 0.835. The average molecular weight is 174 g/mol. The maximum absolute atomic E-state index is 12.7. The van der Waals surface area contributed by atoms with Crippen LogP contribution in [-0.2, 0) is 0 Å². The third-order valence-electron chi connectivity index (χ3n) is 1.49. The van der Waals surface area contributed by atoms with Gasteiger partial charge in [-0.05, 0) is 18.6 Å². The first-order valence-electron chi connectivity index (χ1n) is 3.17. The summed E-state index contributed by atoms with van der Waals surface area (Å²) in [4.78, 5) is 10.1. The van der Waals surface area contributed by atoms with Crippen molar-refractivity contribution in [3.8, 4) is 0 Å². The summed E-state index contributed by atoms with van der Waals surface area (Å²) in [6.45, 7) is 1.22. The molecule has 1 nitrogen and oxygen atoms in total. The van der Waals surface area contributed by atoms with Gasteiger partial charge in [-0.3, -0.25) is 4.79 Å². The zero-order valence-electron chi connectivity index (χ0n) is 6.20. The van der Waals surface area contributed by atoms with Crippen LogP contribution in [0.3, 0.4) is 0 Å². The van der Waals surface area contributed by atoms with Crippen LogP contribution >= 0.6 is 0 Å². The number of carbonyl (C=O) groups excluding carboxylic acids is 1. The molecule has 1 rings (SSSR count). The Morgan fingerprint density at radius 3 is 2.33 bits per heavy atom. The van der Waals surface area contributed by atoms with Gasteiger partial charge in [0.15, 0.2) is 17.9 Å². The quantitative estimate of drug-likeness (QED) is 0.471. The maximum Gasteiger partial charge on any atom is 0.172 e. The molecule has 4 heteroatoms. The molecular weight excluding hydrogens is 169 g/mol. The van der Waals surface area contributed by atoms with Crippen molar-refractivity contribution in [1.29, 1.82) is 0 Å². The second-order valence-corrected chi connectivity index (χ2v) is 2.33. The van der Waals surface area contributed by atoms with E-state index in [1.165, 1.54) is 6.92 Å². The Bertz CT molecular complexity index is 334. The van der Waals surface area contributed by atoms with Crippen LogP contribution in [0.1, 0.15) is 15.9 Å². The first-order chi connectivity index (χ1) is 5.57. The van der Waals surface area contributed by atoms with Crippen molar-refractivity contribution < 1.29 is 18.0 Å². The highest BCUT2D eigenvalue weighted by atomic mass is 19.2. The summed E-state index contributed by atoms with van der Waals surface area (Å²) in [5.74, 6) is -3.65. The Morgan fingerprint density at radius 2 is 1.83 bits per heavy atom. The van der Waals surface area contributed by atoms with E-state index in [4.69, 9.17) is 0 Å². The standard InChI is InChI=1S/C8H5F3O/c1-4-2-6(9)5(3-12)8(11)7(4)10/h2-3H,1H3. The minimum Gasteiger partial charge on any atom is -0.298 e. The Kier molecular flexibility index (Phi) is 2.17. The highest BCUT2D eigenvalue weighted by Gasteiger charge is 2.15. The molecule has 0 atom stereocenters. The van der Waals surface area contributed by atoms with E-state index in [2.05, 4.69) is 0 Å². The lowest BCUT2D eigenvalue weighted by molar-refractivity contribution is 0.111. The number of benzene rings is 1. The number of aryl methyl sites for hydroxylation is 1. The van der Waals surface area contributed by atoms with Gasteiger partial charge in [0.2, 0.25) is 0 Å². The zero-order chi connectivity index (χ0) is 9.30. The minimum absolute atomic E-state index is 0.0484. The van der Waals surface area contributed by atoms with Crippen LogP contribution in [0.25, 0.3) is 0 Å². The molecule has 0 radical (unpaired) electrons. The first kappa shape index (κ1) is 8.77. The molecule has 0 unspecified atom stereocenters. The fourth-order valence-corrected chi connectivity index (χ4v) is 0.835. The molecule has 0 aromatic heterocycles. The van der Waals surface area contributed by atoms with Crippen molar-refractivity contribution in [3.05, 3.63) is 34.6 Å². The van der Waals surface area contributed by atoms with Crippen LogP contribution in [0.4, 0.5) is 13.2 Å². The Balaban J connectivity index is 3.51. The zero-order valence-corrected chi connectivity index (χ0v) is 6.20. The molecule has 0 saturated carbocycles. The first-order valence-corrected chi connectivity index (χ1v) is 3.17. The van der Waals surface area contributed by atoms with Gasteiger partial charge in [0.1, 0.15) is 5.82 Å². The third-order valence-corrected chi connectivity index (χ3v) is 1.49. The Morgan fingerprint density at radius 1 is 1.25 bits per heavy atom. The number of hydrogen-bond acceptors (Lipinski definition) is 1. The van der Waals surface area contributed by atoms with Crippen LogP contribution in [0, 0.1) is 24.4 Å². The summed E-state index contributed by atoms with van der Waals surface area (Å²) in [6.07, 6.45) is -0.0484. The Labute approximate surface area is 66.8 Å². The van der Waals surface area contributed by atoms with E-state index < -0.39 is 23.0 Å². The summed E-state index contributed by atoms with van der Waals surface area (Å²) in [5, 5.41) is 0. The maximum atomic E-state index is 12.7. The lowest BCUT2D eigenvalue weighted by atomic mass is 10.1. The van der Waals surface area contributed by atoms with Gasteiger partial charge in [-0.1, -0.05) is 0 Å². The van der Waals surface area contributed by atoms with Crippen molar-refractivity contribution in [2.75, 3.05) is 0 Å². The molecule has 1 aromatic rings. The summed E-state index contributed by atoms with van der Waals surface area (Å²) >= 11 is 0. The van der Waals surface area contributed by atoms with Gasteiger partial charge in [0.05, 0.1) is 5.56 Å². The topological polar surface area (TPSA) is 17.1 Å². The summed E-state index contributed by atoms with van der Waals surface area (Å²) in [7, 11) is 0. The fraction of sp³-hybridized carbons (Fsp3) is 0.125. The lowest BCUT2D eigenvalue weighted by Crippen LogP contribution is -1.99. The van der Waals surface area contributed by atoms with Gasteiger partial charge in [-0.25, -0.2) is 13.2 Å². The van der Waals surface area contributed by atoms with Crippen molar-refractivity contribution in [2.24, 2.45) is 0 Å². The van der Waals surface area contributed by atoms with Gasteiger partial charge in [0, 0.05) is 0 Å². The Hall–Kier alpha value is -1.32. The highest BCUT2D eigenvalue weighted by Crippen LogP contribution is 2.17. The molecular formula is C8H5F3O. The van der Waals surface area contributed by atoms with Crippen molar-refractivity contribution in [2.45, 2.75) is 6.92 Å². The number of carbonyl (C=O) groups is 1. The van der Waals surface area contributed by atoms with E-state index in [-0.39, 0.29) is 11.8 Å². The van der Waals surface area contributed by atoms with Crippen LogP contribution in [0.2, 0.25) is 0 Å². The van der Waals surface area contributed by atoms with Gasteiger partial charge < -0.3 is 0 Å². The number of halogens is 3. The molecule has 0 amide bonds. The molecule has 0 aliphatic heterocycles. The molecule has 1 aromatic carbocycles. The summed E-state index contributed by atoms with van der Waals surface area (Å²) in [5.41, 5.74) is -1.02. The van der Waals surface area contributed by atoms with E-state index in [0.29, 0.717) is 0 Å². The SMILES string of the molecule is Cc1cc(F)c(C=O)c(F)c1F. The smallest absolute Gasteiger partial charge is 0.172 e. The molecule has 0 bridgehead atoms. The predicted octanol–water partition coefficient (Wildman–Crippen LogP) is 2.22. The molecule has 0 spiro atoms. The van der Waals surface area contributed by atoms with E-state index in [0.717, 1.165) is 6.07 Å². The second-order valence-electron chi connectivity index (χ2n) is 2.33. The molecule has 0 aliphatic carbocycles. The molecule has 0 N–H and O–H groups in total. The molecule has 0 saturated heterocycles. The molecule has 0 heterocycles. The van der Waals surface area contributed by atoms with Crippen LogP contribution in [0.5, 0.6) is 0 Å². The second kappa shape index (κ2) is 2.97. The summed E-state index contributed by atoms with van der Waals surface area (Å²) in [6, 6.07) is 0.780. The van der Waals surface area contributed by atoms with Gasteiger partial charge in [0.25, 0.3) is 0 Å². The van der Waals surface area contributed by atoms with Crippen molar-refractivity contribution >= 4 is 6.29 Å². The summed E-state index contributed by atoms with van der Waals surface area (Å²) < 4.78 is 38.0. The monoisotopic (exact) mass is 174 g/mol. The van der Waals surface area contributed by atoms with Crippen molar-refractivity contribution in [1.82, 2.24) is 0 Å². The molecule has 12 heavy (non-hydrogen) atoms. The normalized spacial score (nSPS) is 10.0. The van der Waals surface area contributed by atoms with Gasteiger partial charge in [-0.15, -0.1) is 0 Å². The van der Waals surface area contributed by atoms with E-state index >= 15 is 0 Å². The van der Waals surface area contributed by atoms with Crippen molar-refractivity contribution in [3.63, 3.8) is 0 Å². The van der Waals surface area contributed by atoms with Crippen LogP contribution < -0.4 is 0 Å². The number of hydrogen-bond donors (Lipinski definition) is 0.